The quantitative estimate of drug-likeness (QED) is 0.947. The van der Waals surface area contributed by atoms with Gasteiger partial charge < -0.3 is 5.73 Å². The molecule has 1 aromatic carbocycles. The molecule has 0 aliphatic rings. The first-order valence-electron chi connectivity index (χ1n) is 5.66. The standard InChI is InChI=1S/C13H15BrFN3/c1-8-12(7-17-18(8)2)13(16)5-9-3-10(14)6-11(15)4-9/h3-4,6-7,13H,5,16H2,1-2H3. The third kappa shape index (κ3) is 2.79. The second kappa shape index (κ2) is 5.20. The number of aryl methyl sites for hydroxylation is 1. The van der Waals surface area contributed by atoms with Crippen molar-refractivity contribution in [3.8, 4) is 0 Å². The van der Waals surface area contributed by atoms with Gasteiger partial charge in [0.25, 0.3) is 0 Å². The van der Waals surface area contributed by atoms with Crippen molar-refractivity contribution >= 4 is 15.9 Å². The van der Waals surface area contributed by atoms with Crippen molar-refractivity contribution in [1.29, 1.82) is 0 Å². The molecule has 2 aromatic rings. The summed E-state index contributed by atoms with van der Waals surface area (Å²) in [6.45, 7) is 1.98. The van der Waals surface area contributed by atoms with Crippen molar-refractivity contribution < 1.29 is 4.39 Å². The zero-order chi connectivity index (χ0) is 13.3. The van der Waals surface area contributed by atoms with Gasteiger partial charge in [-0.2, -0.15) is 5.10 Å². The summed E-state index contributed by atoms with van der Waals surface area (Å²) in [4.78, 5) is 0. The van der Waals surface area contributed by atoms with Crippen LogP contribution in [0.2, 0.25) is 0 Å². The molecule has 1 heterocycles. The molecular formula is C13H15BrFN3. The normalized spacial score (nSPS) is 12.7. The molecule has 18 heavy (non-hydrogen) atoms. The van der Waals surface area contributed by atoms with E-state index in [2.05, 4.69) is 21.0 Å². The van der Waals surface area contributed by atoms with Gasteiger partial charge in [0.1, 0.15) is 5.82 Å². The highest BCUT2D eigenvalue weighted by atomic mass is 79.9. The summed E-state index contributed by atoms with van der Waals surface area (Å²) in [5.74, 6) is -0.255. The van der Waals surface area contributed by atoms with Crippen LogP contribution in [-0.4, -0.2) is 9.78 Å². The van der Waals surface area contributed by atoms with Gasteiger partial charge >= 0.3 is 0 Å². The Morgan fingerprint density at radius 2 is 2.17 bits per heavy atom. The molecule has 1 aromatic heterocycles. The van der Waals surface area contributed by atoms with Crippen molar-refractivity contribution in [2.24, 2.45) is 12.8 Å². The molecule has 3 nitrogen and oxygen atoms in total. The van der Waals surface area contributed by atoms with Gasteiger partial charge in [0, 0.05) is 28.8 Å². The number of nitrogens with two attached hydrogens (primary N) is 1. The van der Waals surface area contributed by atoms with Crippen molar-refractivity contribution in [3.05, 3.63) is 51.5 Å². The van der Waals surface area contributed by atoms with Crippen molar-refractivity contribution in [1.82, 2.24) is 9.78 Å². The Morgan fingerprint density at radius 3 is 2.72 bits per heavy atom. The van der Waals surface area contributed by atoms with Gasteiger partial charge in [-0.25, -0.2) is 4.39 Å². The minimum atomic E-state index is -0.255. The van der Waals surface area contributed by atoms with E-state index < -0.39 is 0 Å². The van der Waals surface area contributed by atoms with Crippen LogP contribution >= 0.6 is 15.9 Å². The Hall–Kier alpha value is -1.20. The first-order valence-corrected chi connectivity index (χ1v) is 6.45. The number of aromatic nitrogens is 2. The monoisotopic (exact) mass is 311 g/mol. The molecule has 0 saturated heterocycles. The van der Waals surface area contributed by atoms with Gasteiger partial charge in [-0.1, -0.05) is 15.9 Å². The Labute approximate surface area is 114 Å². The SMILES string of the molecule is Cc1c(C(N)Cc2cc(F)cc(Br)c2)cnn1C. The molecule has 5 heteroatoms. The Bertz CT molecular complexity index is 545. The van der Waals surface area contributed by atoms with Crippen molar-refractivity contribution in [3.63, 3.8) is 0 Å². The fourth-order valence-corrected chi connectivity index (χ4v) is 2.49. The molecule has 1 unspecified atom stereocenters. The second-order valence-electron chi connectivity index (χ2n) is 4.40. The van der Waals surface area contributed by atoms with E-state index >= 15 is 0 Å². The molecule has 0 radical (unpaired) electrons. The minimum Gasteiger partial charge on any atom is -0.324 e. The first kappa shape index (κ1) is 13.2. The summed E-state index contributed by atoms with van der Waals surface area (Å²) in [5, 5.41) is 4.17. The number of nitrogens with zero attached hydrogens (tertiary/aromatic N) is 2. The van der Waals surface area contributed by atoms with E-state index in [0.29, 0.717) is 6.42 Å². The molecule has 0 spiro atoms. The van der Waals surface area contributed by atoms with Crippen LogP contribution < -0.4 is 5.73 Å². The van der Waals surface area contributed by atoms with Crippen LogP contribution in [-0.2, 0) is 13.5 Å². The van der Waals surface area contributed by atoms with Crippen molar-refractivity contribution in [2.75, 3.05) is 0 Å². The summed E-state index contributed by atoms with van der Waals surface area (Å²) in [7, 11) is 1.88. The molecule has 0 saturated carbocycles. The summed E-state index contributed by atoms with van der Waals surface area (Å²) < 4.78 is 15.8. The average Bonchev–Trinajstić information content (AvgIpc) is 2.58. The number of benzene rings is 1. The van der Waals surface area contributed by atoms with Gasteiger partial charge in [-0.05, 0) is 37.1 Å². The van der Waals surface area contributed by atoms with Crippen LogP contribution in [0.25, 0.3) is 0 Å². The maximum absolute atomic E-state index is 13.3. The zero-order valence-corrected chi connectivity index (χ0v) is 11.9. The predicted molar refractivity (Wildman–Crippen MR) is 72.7 cm³/mol. The lowest BCUT2D eigenvalue weighted by atomic mass is 10.0. The Morgan fingerprint density at radius 1 is 1.44 bits per heavy atom. The molecule has 0 aliphatic carbocycles. The van der Waals surface area contributed by atoms with Crippen LogP contribution in [0.5, 0.6) is 0 Å². The van der Waals surface area contributed by atoms with E-state index in [0.717, 1.165) is 21.3 Å². The first-order chi connectivity index (χ1) is 8.47. The van der Waals surface area contributed by atoms with Gasteiger partial charge in [0.2, 0.25) is 0 Å². The lowest BCUT2D eigenvalue weighted by molar-refractivity contribution is 0.620. The third-order valence-corrected chi connectivity index (χ3v) is 3.51. The summed E-state index contributed by atoms with van der Waals surface area (Å²) in [6, 6.07) is 4.65. The fraction of sp³-hybridized carbons (Fsp3) is 0.308. The van der Waals surface area contributed by atoms with Gasteiger partial charge in [0.05, 0.1) is 6.20 Å². The predicted octanol–water partition coefficient (Wildman–Crippen LogP) is 2.87. The molecular weight excluding hydrogens is 297 g/mol. The van der Waals surface area contributed by atoms with E-state index in [9.17, 15) is 4.39 Å². The summed E-state index contributed by atoms with van der Waals surface area (Å²) in [5.41, 5.74) is 9.06. The van der Waals surface area contributed by atoms with E-state index in [1.165, 1.54) is 12.1 Å². The van der Waals surface area contributed by atoms with Crippen LogP contribution in [0.4, 0.5) is 4.39 Å². The topological polar surface area (TPSA) is 43.8 Å². The summed E-state index contributed by atoms with van der Waals surface area (Å²) >= 11 is 3.28. The zero-order valence-electron chi connectivity index (χ0n) is 10.3. The number of hydrogen-bond acceptors (Lipinski definition) is 2. The van der Waals surface area contributed by atoms with Crippen LogP contribution in [0.15, 0.2) is 28.9 Å². The maximum atomic E-state index is 13.3. The molecule has 2 rings (SSSR count). The van der Waals surface area contributed by atoms with E-state index in [4.69, 9.17) is 5.73 Å². The molecule has 0 fully saturated rings. The van der Waals surface area contributed by atoms with Gasteiger partial charge in [-0.15, -0.1) is 0 Å². The number of rotatable bonds is 3. The van der Waals surface area contributed by atoms with Crippen LogP contribution in [0, 0.1) is 12.7 Å². The van der Waals surface area contributed by atoms with Crippen LogP contribution in [0.3, 0.4) is 0 Å². The highest BCUT2D eigenvalue weighted by Gasteiger charge is 2.13. The van der Waals surface area contributed by atoms with Gasteiger partial charge in [0.15, 0.2) is 0 Å². The summed E-state index contributed by atoms with van der Waals surface area (Å²) in [6.07, 6.45) is 2.36. The highest BCUT2D eigenvalue weighted by molar-refractivity contribution is 9.10. The smallest absolute Gasteiger partial charge is 0.124 e. The van der Waals surface area contributed by atoms with E-state index in [1.807, 2.05) is 20.0 Å². The fourth-order valence-electron chi connectivity index (χ4n) is 1.97. The Balaban J connectivity index is 2.21. The third-order valence-electron chi connectivity index (χ3n) is 3.05. The van der Waals surface area contributed by atoms with E-state index in [1.54, 1.807) is 10.9 Å². The molecule has 2 N–H and O–H groups in total. The average molecular weight is 312 g/mol. The number of hydrogen-bond donors (Lipinski definition) is 1. The number of halogens is 2. The largest absolute Gasteiger partial charge is 0.324 e. The minimum absolute atomic E-state index is 0.174. The van der Waals surface area contributed by atoms with Crippen LogP contribution in [0.1, 0.15) is 22.9 Å². The van der Waals surface area contributed by atoms with Crippen molar-refractivity contribution in [2.45, 2.75) is 19.4 Å². The maximum Gasteiger partial charge on any atom is 0.124 e. The molecule has 0 amide bonds. The highest BCUT2D eigenvalue weighted by Crippen LogP contribution is 2.22. The molecule has 1 atom stereocenters. The lowest BCUT2D eigenvalue weighted by Crippen LogP contribution is -2.14. The molecule has 96 valence electrons. The Kier molecular flexibility index (Phi) is 3.82. The lowest BCUT2D eigenvalue weighted by Gasteiger charge is -2.12. The van der Waals surface area contributed by atoms with Gasteiger partial charge in [-0.3, -0.25) is 4.68 Å². The van der Waals surface area contributed by atoms with E-state index in [-0.39, 0.29) is 11.9 Å². The molecule has 0 aliphatic heterocycles. The second-order valence-corrected chi connectivity index (χ2v) is 5.31. The molecule has 0 bridgehead atoms.